The molecule has 0 heterocycles. The molecule has 0 unspecified atom stereocenters. The molecule has 0 saturated heterocycles. The predicted octanol–water partition coefficient (Wildman–Crippen LogP) is 3.21. The van der Waals surface area contributed by atoms with Crippen LogP contribution >= 0.6 is 0 Å². The van der Waals surface area contributed by atoms with E-state index in [1.54, 1.807) is 24.3 Å². The Morgan fingerprint density at radius 1 is 1.00 bits per heavy atom. The van der Waals surface area contributed by atoms with Gasteiger partial charge in [0.15, 0.2) is 17.5 Å². The molecule has 7 heteroatoms. The number of hydrogen-bond acceptors (Lipinski definition) is 2. The number of amides is 2. The summed E-state index contributed by atoms with van der Waals surface area (Å²) in [5.74, 6) is -4.34. The second-order valence-corrected chi connectivity index (χ2v) is 4.24. The van der Waals surface area contributed by atoms with Crippen molar-refractivity contribution in [3.05, 3.63) is 59.4 Å². The largest absolute Gasteiger partial charge is 0.326 e. The van der Waals surface area contributed by atoms with Gasteiger partial charge in [-0.05, 0) is 17.7 Å². The van der Waals surface area contributed by atoms with Gasteiger partial charge >= 0.3 is 6.03 Å². The Labute approximate surface area is 118 Å². The van der Waals surface area contributed by atoms with Crippen LogP contribution in [-0.4, -0.2) is 6.03 Å². The number of nitrogens with two attached hydrogens (primary N) is 1. The molecular weight excluding hydrogens is 283 g/mol. The van der Waals surface area contributed by atoms with E-state index < -0.39 is 23.5 Å². The van der Waals surface area contributed by atoms with Gasteiger partial charge in [-0.2, -0.15) is 0 Å². The molecule has 0 radical (unpaired) electrons. The number of anilines is 2. The highest BCUT2D eigenvalue weighted by Crippen LogP contribution is 2.18. The zero-order valence-electron chi connectivity index (χ0n) is 10.8. The fourth-order valence-corrected chi connectivity index (χ4v) is 1.70. The molecule has 2 aromatic carbocycles. The average Bonchev–Trinajstić information content (AvgIpc) is 2.44. The van der Waals surface area contributed by atoms with Crippen molar-refractivity contribution < 1.29 is 18.0 Å². The lowest BCUT2D eigenvalue weighted by atomic mass is 10.2. The molecule has 110 valence electrons. The van der Waals surface area contributed by atoms with Gasteiger partial charge in [0.25, 0.3) is 0 Å². The molecule has 0 aromatic heterocycles. The first-order valence-corrected chi connectivity index (χ1v) is 6.01. The minimum absolute atomic E-state index is 0.195. The lowest BCUT2D eigenvalue weighted by Gasteiger charge is -2.09. The Balaban J connectivity index is 2.08. The Kier molecular flexibility index (Phi) is 4.44. The Hall–Kier alpha value is -2.54. The lowest BCUT2D eigenvalue weighted by Crippen LogP contribution is -2.20. The molecule has 0 aliphatic rings. The van der Waals surface area contributed by atoms with E-state index in [-0.39, 0.29) is 5.69 Å². The van der Waals surface area contributed by atoms with Gasteiger partial charge in [0.1, 0.15) is 0 Å². The maximum Gasteiger partial charge on any atom is 0.323 e. The third-order valence-electron chi connectivity index (χ3n) is 2.66. The van der Waals surface area contributed by atoms with Gasteiger partial charge < -0.3 is 16.4 Å². The summed E-state index contributed by atoms with van der Waals surface area (Å²) in [6, 6.07) is 7.44. The van der Waals surface area contributed by atoms with Crippen molar-refractivity contribution in [3.63, 3.8) is 0 Å². The number of rotatable bonds is 3. The number of carbonyl (C=O) groups is 1. The molecule has 0 aliphatic heterocycles. The van der Waals surface area contributed by atoms with Crippen molar-refractivity contribution in [2.45, 2.75) is 6.54 Å². The highest BCUT2D eigenvalue weighted by molar-refractivity contribution is 5.99. The summed E-state index contributed by atoms with van der Waals surface area (Å²) in [4.78, 5) is 11.7. The SMILES string of the molecule is NCc1cccc(NC(=O)Nc2cc(F)c(F)c(F)c2)c1. The van der Waals surface area contributed by atoms with Gasteiger partial charge in [0.05, 0.1) is 0 Å². The number of hydrogen-bond donors (Lipinski definition) is 3. The van der Waals surface area contributed by atoms with E-state index in [0.717, 1.165) is 5.56 Å². The van der Waals surface area contributed by atoms with Crippen LogP contribution in [0.2, 0.25) is 0 Å². The quantitative estimate of drug-likeness (QED) is 0.761. The van der Waals surface area contributed by atoms with E-state index in [2.05, 4.69) is 10.6 Å². The third kappa shape index (κ3) is 3.73. The molecule has 4 nitrogen and oxygen atoms in total. The molecule has 21 heavy (non-hydrogen) atoms. The van der Waals surface area contributed by atoms with E-state index >= 15 is 0 Å². The second kappa shape index (κ2) is 6.27. The summed E-state index contributed by atoms with van der Waals surface area (Å²) < 4.78 is 38.8. The fraction of sp³-hybridized carbons (Fsp3) is 0.0714. The normalized spacial score (nSPS) is 10.3. The molecule has 0 atom stereocenters. The number of benzene rings is 2. The van der Waals surface area contributed by atoms with Gasteiger partial charge in [0, 0.05) is 30.1 Å². The van der Waals surface area contributed by atoms with Crippen LogP contribution in [-0.2, 0) is 6.54 Å². The molecule has 2 amide bonds. The third-order valence-corrected chi connectivity index (χ3v) is 2.66. The molecule has 0 bridgehead atoms. The van der Waals surface area contributed by atoms with Gasteiger partial charge in [0.2, 0.25) is 0 Å². The van der Waals surface area contributed by atoms with Crippen LogP contribution in [0.15, 0.2) is 36.4 Å². The monoisotopic (exact) mass is 295 g/mol. The first-order chi connectivity index (χ1) is 9.99. The van der Waals surface area contributed by atoms with E-state index in [1.165, 1.54) is 0 Å². The standard InChI is InChI=1S/C14H12F3N3O/c15-11-5-10(6-12(16)13(11)17)20-14(21)19-9-3-1-2-8(4-9)7-18/h1-6H,7,18H2,(H2,19,20,21). The van der Waals surface area contributed by atoms with Crippen molar-refractivity contribution in [1.82, 2.24) is 0 Å². The zero-order chi connectivity index (χ0) is 15.4. The van der Waals surface area contributed by atoms with Crippen molar-refractivity contribution >= 4 is 17.4 Å². The molecule has 0 fully saturated rings. The van der Waals surface area contributed by atoms with E-state index in [0.29, 0.717) is 24.4 Å². The average molecular weight is 295 g/mol. The molecule has 0 aliphatic carbocycles. The topological polar surface area (TPSA) is 67.1 Å². The first-order valence-electron chi connectivity index (χ1n) is 6.01. The molecule has 2 aromatic rings. The Morgan fingerprint density at radius 2 is 1.62 bits per heavy atom. The number of halogens is 3. The Morgan fingerprint density at radius 3 is 2.24 bits per heavy atom. The van der Waals surface area contributed by atoms with Gasteiger partial charge in [-0.3, -0.25) is 0 Å². The van der Waals surface area contributed by atoms with Crippen LogP contribution in [0, 0.1) is 17.5 Å². The number of nitrogens with one attached hydrogen (secondary N) is 2. The molecule has 0 spiro atoms. The minimum Gasteiger partial charge on any atom is -0.326 e. The van der Waals surface area contributed by atoms with Gasteiger partial charge in [-0.25, -0.2) is 18.0 Å². The molecule has 4 N–H and O–H groups in total. The molecule has 2 rings (SSSR count). The van der Waals surface area contributed by atoms with Crippen LogP contribution in [0.1, 0.15) is 5.56 Å². The van der Waals surface area contributed by atoms with Gasteiger partial charge in [-0.1, -0.05) is 12.1 Å². The summed E-state index contributed by atoms with van der Waals surface area (Å²) in [5.41, 5.74) is 6.56. The predicted molar refractivity (Wildman–Crippen MR) is 73.3 cm³/mol. The summed E-state index contributed by atoms with van der Waals surface area (Å²) in [6.07, 6.45) is 0. The van der Waals surface area contributed by atoms with Crippen molar-refractivity contribution in [1.29, 1.82) is 0 Å². The smallest absolute Gasteiger partial charge is 0.323 e. The minimum atomic E-state index is -1.59. The fourth-order valence-electron chi connectivity index (χ4n) is 1.70. The van der Waals surface area contributed by atoms with E-state index in [9.17, 15) is 18.0 Å². The maximum atomic E-state index is 13.0. The van der Waals surface area contributed by atoms with Crippen molar-refractivity contribution in [2.24, 2.45) is 5.73 Å². The second-order valence-electron chi connectivity index (χ2n) is 4.24. The zero-order valence-corrected chi connectivity index (χ0v) is 10.8. The molecule has 0 saturated carbocycles. The van der Waals surface area contributed by atoms with Crippen molar-refractivity contribution in [3.8, 4) is 0 Å². The van der Waals surface area contributed by atoms with E-state index in [1.807, 2.05) is 0 Å². The van der Waals surface area contributed by atoms with Crippen LogP contribution < -0.4 is 16.4 Å². The number of urea groups is 1. The van der Waals surface area contributed by atoms with Crippen molar-refractivity contribution in [2.75, 3.05) is 10.6 Å². The summed E-state index contributed by atoms with van der Waals surface area (Å²) in [7, 11) is 0. The highest BCUT2D eigenvalue weighted by Gasteiger charge is 2.12. The van der Waals surface area contributed by atoms with Crippen LogP contribution in [0.3, 0.4) is 0 Å². The van der Waals surface area contributed by atoms with Crippen LogP contribution in [0.25, 0.3) is 0 Å². The lowest BCUT2D eigenvalue weighted by molar-refractivity contribution is 0.262. The highest BCUT2D eigenvalue weighted by atomic mass is 19.2. The number of carbonyl (C=O) groups excluding carboxylic acids is 1. The van der Waals surface area contributed by atoms with E-state index in [4.69, 9.17) is 5.73 Å². The Bertz CT molecular complexity index is 653. The van der Waals surface area contributed by atoms with Gasteiger partial charge in [-0.15, -0.1) is 0 Å². The molecular formula is C14H12F3N3O. The first kappa shape index (κ1) is 14.9. The summed E-state index contributed by atoms with van der Waals surface area (Å²) >= 11 is 0. The van der Waals surface area contributed by atoms with Crippen LogP contribution in [0.4, 0.5) is 29.3 Å². The summed E-state index contributed by atoms with van der Waals surface area (Å²) in [6.45, 7) is 0.311. The summed E-state index contributed by atoms with van der Waals surface area (Å²) in [5, 5.41) is 4.68. The van der Waals surface area contributed by atoms with Crippen LogP contribution in [0.5, 0.6) is 0 Å². The maximum absolute atomic E-state index is 13.0.